The van der Waals surface area contributed by atoms with Gasteiger partial charge in [-0.1, -0.05) is 41.9 Å². The number of hydrogen-bond donors (Lipinski definition) is 0. The van der Waals surface area contributed by atoms with Crippen molar-refractivity contribution in [3.63, 3.8) is 0 Å². The molecule has 30 heavy (non-hydrogen) atoms. The Morgan fingerprint density at radius 2 is 1.87 bits per heavy atom. The highest BCUT2D eigenvalue weighted by Gasteiger charge is 2.29. The van der Waals surface area contributed by atoms with Crippen molar-refractivity contribution in [3.05, 3.63) is 57.1 Å². The first-order chi connectivity index (χ1) is 14.5. The van der Waals surface area contributed by atoms with Crippen LogP contribution in [0.1, 0.15) is 51.5 Å². The zero-order valence-corrected chi connectivity index (χ0v) is 18.8. The molecule has 0 bridgehead atoms. The average molecular weight is 425 g/mol. The second-order valence-corrected chi connectivity index (χ2v) is 9.13. The van der Waals surface area contributed by atoms with Gasteiger partial charge < -0.3 is 9.42 Å². The molecule has 4 rings (SSSR count). The van der Waals surface area contributed by atoms with Gasteiger partial charge in [0.25, 0.3) is 5.91 Å². The van der Waals surface area contributed by atoms with E-state index in [4.69, 9.17) is 4.52 Å². The predicted molar refractivity (Wildman–Crippen MR) is 119 cm³/mol. The summed E-state index contributed by atoms with van der Waals surface area (Å²) in [5, 5.41) is 4.16. The molecule has 3 heterocycles. The van der Waals surface area contributed by atoms with E-state index in [0.29, 0.717) is 24.8 Å². The van der Waals surface area contributed by atoms with Gasteiger partial charge in [-0.3, -0.25) is 9.69 Å². The molecule has 1 aliphatic heterocycles. The number of thiophene rings is 1. The van der Waals surface area contributed by atoms with E-state index < -0.39 is 0 Å². The Morgan fingerprint density at radius 3 is 2.50 bits per heavy atom. The molecule has 3 aromatic rings. The summed E-state index contributed by atoms with van der Waals surface area (Å²) in [5.41, 5.74) is 3.43. The average Bonchev–Trinajstić information content (AvgIpc) is 3.40. The number of aryl methyl sites for hydroxylation is 3. The van der Waals surface area contributed by atoms with E-state index in [0.717, 1.165) is 30.0 Å². The topological polar surface area (TPSA) is 62.5 Å². The van der Waals surface area contributed by atoms with E-state index >= 15 is 0 Å². The lowest BCUT2D eigenvalue weighted by molar-refractivity contribution is 0.0556. The molecule has 2 aromatic heterocycles. The van der Waals surface area contributed by atoms with Crippen molar-refractivity contribution in [2.75, 3.05) is 26.2 Å². The van der Waals surface area contributed by atoms with Gasteiger partial charge in [-0.15, -0.1) is 11.3 Å². The zero-order valence-electron chi connectivity index (χ0n) is 18.0. The van der Waals surface area contributed by atoms with E-state index in [9.17, 15) is 4.79 Å². The summed E-state index contributed by atoms with van der Waals surface area (Å²) >= 11 is 1.61. The fraction of sp³-hybridized carbons (Fsp3) is 0.435. The SMILES string of the molecule is CCc1cc(C(=O)N2CCN(C(C)c3nc(-c4ccc(C)cc4)no3)CC2)sc1C. The highest BCUT2D eigenvalue weighted by molar-refractivity contribution is 7.14. The third-order valence-electron chi connectivity index (χ3n) is 5.87. The van der Waals surface area contributed by atoms with Gasteiger partial charge in [0.1, 0.15) is 0 Å². The van der Waals surface area contributed by atoms with Crippen molar-refractivity contribution >= 4 is 17.2 Å². The molecular formula is C23H28N4O2S. The number of hydrogen-bond acceptors (Lipinski definition) is 6. The molecule has 0 N–H and O–H groups in total. The van der Waals surface area contributed by atoms with Crippen LogP contribution in [0.2, 0.25) is 0 Å². The first-order valence-electron chi connectivity index (χ1n) is 10.5. The zero-order chi connectivity index (χ0) is 21.3. The summed E-state index contributed by atoms with van der Waals surface area (Å²) in [4.78, 5) is 23.9. The molecule has 0 spiro atoms. The number of nitrogens with zero attached hydrogens (tertiary/aromatic N) is 4. The molecule has 1 saturated heterocycles. The standard InChI is InChI=1S/C23H28N4O2S/c1-5-18-14-20(30-17(18)4)23(28)27-12-10-26(11-13-27)16(3)22-24-21(25-29-22)19-8-6-15(2)7-9-19/h6-9,14,16H,5,10-13H2,1-4H3. The minimum atomic E-state index is 0.0182. The van der Waals surface area contributed by atoms with Crippen molar-refractivity contribution in [2.45, 2.75) is 40.2 Å². The normalized spacial score (nSPS) is 16.1. The van der Waals surface area contributed by atoms with Crippen molar-refractivity contribution < 1.29 is 9.32 Å². The Kier molecular flexibility index (Phi) is 6.01. The Hall–Kier alpha value is -2.51. The first kappa shape index (κ1) is 20.8. The summed E-state index contributed by atoms with van der Waals surface area (Å²) in [6, 6.07) is 10.2. The van der Waals surface area contributed by atoms with Crippen LogP contribution in [0, 0.1) is 13.8 Å². The predicted octanol–water partition coefficient (Wildman–Crippen LogP) is 4.50. The van der Waals surface area contributed by atoms with Crippen LogP contribution < -0.4 is 0 Å². The van der Waals surface area contributed by atoms with Gasteiger partial charge in [-0.2, -0.15) is 4.98 Å². The van der Waals surface area contributed by atoms with Crippen molar-refractivity contribution in [3.8, 4) is 11.4 Å². The maximum atomic E-state index is 12.9. The van der Waals surface area contributed by atoms with Gasteiger partial charge in [0.2, 0.25) is 11.7 Å². The van der Waals surface area contributed by atoms with Crippen LogP contribution in [0.5, 0.6) is 0 Å². The summed E-state index contributed by atoms with van der Waals surface area (Å²) in [7, 11) is 0. The molecule has 1 fully saturated rings. The third kappa shape index (κ3) is 4.18. The third-order valence-corrected chi connectivity index (χ3v) is 6.95. The molecule has 158 valence electrons. The van der Waals surface area contributed by atoms with E-state index in [1.807, 2.05) is 29.2 Å². The molecule has 1 atom stereocenters. The number of rotatable bonds is 5. The van der Waals surface area contributed by atoms with Gasteiger partial charge in [0.05, 0.1) is 10.9 Å². The fourth-order valence-corrected chi connectivity index (χ4v) is 4.91. The van der Waals surface area contributed by atoms with Crippen molar-refractivity contribution in [1.82, 2.24) is 19.9 Å². The van der Waals surface area contributed by atoms with Gasteiger partial charge in [0.15, 0.2) is 0 Å². The largest absolute Gasteiger partial charge is 0.337 e. The first-order valence-corrected chi connectivity index (χ1v) is 11.3. The number of carbonyl (C=O) groups is 1. The number of piperazine rings is 1. The molecule has 1 amide bonds. The molecule has 7 heteroatoms. The fourth-order valence-electron chi connectivity index (χ4n) is 3.83. The van der Waals surface area contributed by atoms with E-state index in [1.54, 1.807) is 11.3 Å². The minimum absolute atomic E-state index is 0.0182. The minimum Gasteiger partial charge on any atom is -0.337 e. The lowest BCUT2D eigenvalue weighted by Gasteiger charge is -2.36. The molecule has 1 aromatic carbocycles. The van der Waals surface area contributed by atoms with Crippen LogP contribution in [0.15, 0.2) is 34.9 Å². The van der Waals surface area contributed by atoms with Crippen LogP contribution in [0.3, 0.4) is 0 Å². The monoisotopic (exact) mass is 424 g/mol. The Morgan fingerprint density at radius 1 is 1.17 bits per heavy atom. The maximum absolute atomic E-state index is 12.9. The lowest BCUT2D eigenvalue weighted by atomic mass is 10.1. The van der Waals surface area contributed by atoms with Crippen molar-refractivity contribution in [2.24, 2.45) is 0 Å². The van der Waals surface area contributed by atoms with Gasteiger partial charge in [-0.25, -0.2) is 0 Å². The molecule has 0 aliphatic carbocycles. The molecule has 6 nitrogen and oxygen atoms in total. The summed E-state index contributed by atoms with van der Waals surface area (Å²) < 4.78 is 5.55. The molecule has 1 aliphatic rings. The molecule has 1 unspecified atom stereocenters. The van der Waals surface area contributed by atoms with Crippen LogP contribution >= 0.6 is 11.3 Å². The highest BCUT2D eigenvalue weighted by atomic mass is 32.1. The quantitative estimate of drug-likeness (QED) is 0.604. The van der Waals surface area contributed by atoms with Gasteiger partial charge in [-0.05, 0) is 38.8 Å². The Labute approximate surface area is 181 Å². The Bertz CT molecular complexity index is 1020. The van der Waals surface area contributed by atoms with E-state index in [2.05, 4.69) is 48.8 Å². The molecule has 0 radical (unpaired) electrons. The maximum Gasteiger partial charge on any atom is 0.264 e. The number of carbonyl (C=O) groups excluding carboxylic acids is 1. The number of amides is 1. The smallest absolute Gasteiger partial charge is 0.264 e. The second kappa shape index (κ2) is 8.70. The summed E-state index contributed by atoms with van der Waals surface area (Å²) in [5.74, 6) is 1.38. The van der Waals surface area contributed by atoms with Gasteiger partial charge >= 0.3 is 0 Å². The molecule has 0 saturated carbocycles. The van der Waals surface area contributed by atoms with Gasteiger partial charge in [0, 0.05) is 36.6 Å². The summed E-state index contributed by atoms with van der Waals surface area (Å²) in [6.07, 6.45) is 0.968. The molecular weight excluding hydrogens is 396 g/mol. The Balaban J connectivity index is 1.38. The highest BCUT2D eigenvalue weighted by Crippen LogP contribution is 2.26. The van der Waals surface area contributed by atoms with E-state index in [1.165, 1.54) is 16.0 Å². The second-order valence-electron chi connectivity index (χ2n) is 7.87. The van der Waals surface area contributed by atoms with E-state index in [-0.39, 0.29) is 11.9 Å². The number of aromatic nitrogens is 2. The van der Waals surface area contributed by atoms with Crippen LogP contribution in [-0.4, -0.2) is 52.0 Å². The lowest BCUT2D eigenvalue weighted by Crippen LogP contribution is -2.49. The van der Waals surface area contributed by atoms with Crippen LogP contribution in [0.4, 0.5) is 0 Å². The van der Waals surface area contributed by atoms with Crippen LogP contribution in [-0.2, 0) is 6.42 Å². The van der Waals surface area contributed by atoms with Crippen LogP contribution in [0.25, 0.3) is 11.4 Å². The van der Waals surface area contributed by atoms with Crippen molar-refractivity contribution in [1.29, 1.82) is 0 Å². The summed E-state index contributed by atoms with van der Waals surface area (Å²) in [6.45, 7) is 11.4. The number of benzene rings is 1.